The molecule has 2 rings (SSSR count). The molecule has 1 aromatic carbocycles. The van der Waals surface area contributed by atoms with E-state index < -0.39 is 5.91 Å². The number of rotatable bonds is 8. The summed E-state index contributed by atoms with van der Waals surface area (Å²) >= 11 is 5.18. The first-order valence-corrected chi connectivity index (χ1v) is 7.44. The van der Waals surface area contributed by atoms with Crippen molar-refractivity contribution in [2.45, 2.75) is 19.9 Å². The fourth-order valence-corrected chi connectivity index (χ4v) is 2.21. The van der Waals surface area contributed by atoms with E-state index in [1.165, 1.54) is 7.11 Å². The van der Waals surface area contributed by atoms with E-state index in [9.17, 15) is 4.79 Å². The predicted octanol–water partition coefficient (Wildman–Crippen LogP) is 1.12. The number of nitrogens with two attached hydrogens (primary N) is 1. The Hall–Kier alpha value is -2.55. The molecule has 0 unspecified atom stereocenters. The second kappa shape index (κ2) is 7.63. The van der Waals surface area contributed by atoms with Gasteiger partial charge in [-0.25, -0.2) is 4.68 Å². The molecule has 0 atom stereocenters. The molecule has 0 aliphatic rings. The number of methoxy groups -OCH3 is 1. The van der Waals surface area contributed by atoms with E-state index in [2.05, 4.69) is 15.6 Å². The number of ether oxygens (including phenoxy) is 2. The molecule has 0 radical (unpaired) electrons. The van der Waals surface area contributed by atoms with Crippen LogP contribution >= 0.6 is 12.2 Å². The van der Waals surface area contributed by atoms with E-state index in [1.54, 1.807) is 10.7 Å². The molecule has 0 saturated heterocycles. The number of carbonyl (C=O) groups excluding carboxylic acids is 1. The van der Waals surface area contributed by atoms with Crippen LogP contribution in [-0.2, 0) is 17.8 Å². The smallest absolute Gasteiger partial charge is 0.255 e. The minimum atomic E-state index is -0.542. The zero-order valence-corrected chi connectivity index (χ0v) is 13.8. The molecule has 8 nitrogen and oxygen atoms in total. The van der Waals surface area contributed by atoms with Crippen LogP contribution in [0.25, 0.3) is 0 Å². The lowest BCUT2D eigenvalue weighted by Crippen LogP contribution is -2.20. The quantitative estimate of drug-likeness (QED) is 0.623. The van der Waals surface area contributed by atoms with Crippen molar-refractivity contribution in [3.05, 3.63) is 34.4 Å². The third-order valence-corrected chi connectivity index (χ3v) is 3.37. The normalized spacial score (nSPS) is 10.3. The molecule has 124 valence electrons. The van der Waals surface area contributed by atoms with Gasteiger partial charge in [0.1, 0.15) is 0 Å². The van der Waals surface area contributed by atoms with Gasteiger partial charge in [-0.1, -0.05) is 13.0 Å². The Morgan fingerprint density at radius 3 is 2.91 bits per heavy atom. The summed E-state index contributed by atoms with van der Waals surface area (Å²) in [5, 5.41) is 6.88. The van der Waals surface area contributed by atoms with Crippen molar-refractivity contribution in [3.63, 3.8) is 0 Å². The van der Waals surface area contributed by atoms with E-state index in [1.807, 2.05) is 19.1 Å². The lowest BCUT2D eigenvalue weighted by molar-refractivity contribution is -0.119. The average Bonchev–Trinajstić information content (AvgIpc) is 2.91. The zero-order valence-electron chi connectivity index (χ0n) is 13.0. The maximum absolute atomic E-state index is 10.8. The molecule has 0 spiro atoms. The Morgan fingerprint density at radius 2 is 2.26 bits per heavy atom. The topological polar surface area (TPSA) is 107 Å². The Labute approximate surface area is 138 Å². The van der Waals surface area contributed by atoms with Gasteiger partial charge in [0.05, 0.1) is 13.7 Å². The summed E-state index contributed by atoms with van der Waals surface area (Å²) in [5.41, 5.74) is 9.22. The third-order valence-electron chi connectivity index (χ3n) is 3.10. The summed E-state index contributed by atoms with van der Waals surface area (Å²) in [4.78, 5) is 10.8. The number of nitrogens with zero attached hydrogens (tertiary/aromatic N) is 2. The van der Waals surface area contributed by atoms with Gasteiger partial charge in [0.2, 0.25) is 4.77 Å². The number of aryl methyl sites for hydroxylation is 1. The summed E-state index contributed by atoms with van der Waals surface area (Å²) in [5.74, 6) is 1.27. The second-order valence-electron chi connectivity index (χ2n) is 4.71. The van der Waals surface area contributed by atoms with Gasteiger partial charge in [-0.15, -0.1) is 0 Å². The number of aromatic nitrogens is 3. The average molecular weight is 337 g/mol. The molecule has 4 N–H and O–H groups in total. The van der Waals surface area contributed by atoms with Crippen molar-refractivity contribution in [2.75, 3.05) is 19.1 Å². The van der Waals surface area contributed by atoms with Crippen LogP contribution in [0.2, 0.25) is 0 Å². The highest BCUT2D eigenvalue weighted by atomic mass is 32.1. The first kappa shape index (κ1) is 16.8. The number of hydrogen-bond donors (Lipinski definition) is 3. The van der Waals surface area contributed by atoms with Crippen molar-refractivity contribution in [2.24, 2.45) is 5.73 Å². The van der Waals surface area contributed by atoms with Crippen molar-refractivity contribution in [1.82, 2.24) is 14.9 Å². The van der Waals surface area contributed by atoms with Crippen LogP contribution in [0.3, 0.4) is 0 Å². The number of benzene rings is 1. The number of amides is 1. The van der Waals surface area contributed by atoms with Crippen LogP contribution in [0.15, 0.2) is 18.2 Å². The molecular formula is C14H19N5O3S. The molecule has 2 aromatic rings. The second-order valence-corrected chi connectivity index (χ2v) is 5.10. The summed E-state index contributed by atoms with van der Waals surface area (Å²) in [6.07, 6.45) is 0.753. The van der Waals surface area contributed by atoms with Crippen molar-refractivity contribution < 1.29 is 14.3 Å². The van der Waals surface area contributed by atoms with Crippen LogP contribution < -0.4 is 20.6 Å². The van der Waals surface area contributed by atoms with Crippen molar-refractivity contribution in [1.29, 1.82) is 0 Å². The zero-order chi connectivity index (χ0) is 16.8. The van der Waals surface area contributed by atoms with Crippen molar-refractivity contribution >= 4 is 18.1 Å². The molecule has 0 fully saturated rings. The highest BCUT2D eigenvalue weighted by Crippen LogP contribution is 2.28. The fourth-order valence-electron chi connectivity index (χ4n) is 1.99. The van der Waals surface area contributed by atoms with Gasteiger partial charge in [0.15, 0.2) is 23.9 Å². The van der Waals surface area contributed by atoms with Gasteiger partial charge >= 0.3 is 0 Å². The Morgan fingerprint density at radius 1 is 1.48 bits per heavy atom. The largest absolute Gasteiger partial charge is 0.493 e. The standard InChI is InChI=1S/C14H19N5O3S/c1-3-13-17-18-14(23)19(13)16-7-9-4-5-10(11(6-9)21-2)22-8-12(15)20/h4-6,16H,3,7-8H2,1-2H3,(H2,15,20)(H,18,23). The van der Waals surface area contributed by atoms with Gasteiger partial charge < -0.3 is 20.6 Å². The van der Waals surface area contributed by atoms with Gasteiger partial charge in [-0.05, 0) is 29.9 Å². The maximum atomic E-state index is 10.8. The van der Waals surface area contributed by atoms with Gasteiger partial charge in [-0.3, -0.25) is 9.89 Å². The number of H-pyrrole nitrogens is 1. The molecule has 0 aliphatic carbocycles. The number of carbonyl (C=O) groups is 1. The minimum absolute atomic E-state index is 0.196. The predicted molar refractivity (Wildman–Crippen MR) is 87.5 cm³/mol. The highest BCUT2D eigenvalue weighted by molar-refractivity contribution is 7.71. The van der Waals surface area contributed by atoms with Crippen molar-refractivity contribution in [3.8, 4) is 11.5 Å². The highest BCUT2D eigenvalue weighted by Gasteiger charge is 2.08. The molecule has 0 saturated carbocycles. The van der Waals surface area contributed by atoms with E-state index in [0.29, 0.717) is 22.8 Å². The minimum Gasteiger partial charge on any atom is -0.493 e. The molecule has 1 aromatic heterocycles. The van der Waals surface area contributed by atoms with E-state index in [0.717, 1.165) is 17.8 Å². The first-order chi connectivity index (χ1) is 11.0. The van der Waals surface area contributed by atoms with E-state index in [4.69, 9.17) is 27.4 Å². The third kappa shape index (κ3) is 4.22. The van der Waals surface area contributed by atoms with Crippen LogP contribution in [0, 0.1) is 4.77 Å². The molecule has 9 heteroatoms. The number of nitrogens with one attached hydrogen (secondary N) is 2. The van der Waals surface area contributed by atoms with Crippen LogP contribution in [0.4, 0.5) is 0 Å². The lowest BCUT2D eigenvalue weighted by atomic mass is 10.2. The Kier molecular flexibility index (Phi) is 5.58. The fraction of sp³-hybridized carbons (Fsp3) is 0.357. The molecular weight excluding hydrogens is 318 g/mol. The van der Waals surface area contributed by atoms with Crippen LogP contribution in [-0.4, -0.2) is 34.5 Å². The molecule has 23 heavy (non-hydrogen) atoms. The Balaban J connectivity index is 2.10. The van der Waals surface area contributed by atoms with Crippen LogP contribution in [0.5, 0.6) is 11.5 Å². The molecule has 0 aliphatic heterocycles. The van der Waals surface area contributed by atoms with Gasteiger partial charge in [0.25, 0.3) is 5.91 Å². The first-order valence-electron chi connectivity index (χ1n) is 7.03. The maximum Gasteiger partial charge on any atom is 0.255 e. The monoisotopic (exact) mass is 337 g/mol. The molecule has 1 amide bonds. The molecule has 1 heterocycles. The van der Waals surface area contributed by atoms with E-state index in [-0.39, 0.29) is 6.61 Å². The Bertz CT molecular complexity index is 740. The molecule has 0 bridgehead atoms. The SMILES string of the molecule is CCc1n[nH]c(=S)n1NCc1ccc(OCC(N)=O)c(OC)c1. The summed E-state index contributed by atoms with van der Waals surface area (Å²) in [7, 11) is 1.53. The van der Waals surface area contributed by atoms with Gasteiger partial charge in [0, 0.05) is 6.42 Å². The lowest BCUT2D eigenvalue weighted by Gasteiger charge is -2.13. The number of hydrogen-bond acceptors (Lipinski definition) is 6. The summed E-state index contributed by atoms with van der Waals surface area (Å²) in [6, 6.07) is 5.41. The summed E-state index contributed by atoms with van der Waals surface area (Å²) < 4.78 is 12.8. The van der Waals surface area contributed by atoms with Gasteiger partial charge in [-0.2, -0.15) is 5.10 Å². The number of aromatic amines is 1. The number of primary amides is 1. The summed E-state index contributed by atoms with van der Waals surface area (Å²) in [6.45, 7) is 2.32. The van der Waals surface area contributed by atoms with Crippen LogP contribution in [0.1, 0.15) is 18.3 Å². The van der Waals surface area contributed by atoms with E-state index >= 15 is 0 Å².